The number of hydrogen-bond donors (Lipinski definition) is 1. The Balaban J connectivity index is 2.33. The van der Waals surface area contributed by atoms with Crippen LogP contribution in [0, 0.1) is 23.0 Å². The fourth-order valence-corrected chi connectivity index (χ4v) is 2.55. The van der Waals surface area contributed by atoms with Gasteiger partial charge in [0.15, 0.2) is 0 Å². The Morgan fingerprint density at radius 3 is 2.65 bits per heavy atom. The van der Waals surface area contributed by atoms with Crippen molar-refractivity contribution >= 4 is 11.6 Å². The summed E-state index contributed by atoms with van der Waals surface area (Å²) in [6.07, 6.45) is 4.26. The highest BCUT2D eigenvalue weighted by Crippen LogP contribution is 2.33. The highest BCUT2D eigenvalue weighted by molar-refractivity contribution is 5.48. The fraction of sp³-hybridized carbons (Fsp3) is 0.692. The molecule has 0 amide bonds. The molecule has 1 heterocycles. The first-order chi connectivity index (χ1) is 9.52. The Morgan fingerprint density at radius 1 is 1.35 bits per heavy atom. The third-order valence-corrected chi connectivity index (χ3v) is 3.73. The number of nitrogens with zero attached hydrogens (tertiary/aromatic N) is 3. The van der Waals surface area contributed by atoms with Gasteiger partial charge in [-0.25, -0.2) is 4.98 Å². The van der Waals surface area contributed by atoms with E-state index in [0.29, 0.717) is 17.6 Å². The van der Waals surface area contributed by atoms with E-state index in [9.17, 15) is 10.1 Å². The number of hydrogen-bond acceptors (Lipinski definition) is 6. The Hall–Kier alpha value is -1.92. The zero-order valence-corrected chi connectivity index (χ0v) is 12.0. The molecule has 1 aliphatic carbocycles. The van der Waals surface area contributed by atoms with E-state index in [2.05, 4.69) is 22.2 Å². The molecule has 1 aliphatic rings. The summed E-state index contributed by atoms with van der Waals surface area (Å²) < 4.78 is 5.85. The summed E-state index contributed by atoms with van der Waals surface area (Å²) in [6.45, 7) is 3.71. The summed E-state index contributed by atoms with van der Waals surface area (Å²) in [5, 5.41) is 14.0. The predicted molar refractivity (Wildman–Crippen MR) is 75.0 cm³/mol. The van der Waals surface area contributed by atoms with Gasteiger partial charge in [-0.15, -0.1) is 0 Å². The zero-order chi connectivity index (χ0) is 14.7. The molecule has 1 aromatic rings. The van der Waals surface area contributed by atoms with Gasteiger partial charge in [0.25, 0.3) is 5.88 Å². The molecule has 110 valence electrons. The van der Waals surface area contributed by atoms with Crippen LogP contribution in [0.5, 0.6) is 5.88 Å². The maximum atomic E-state index is 11.2. The summed E-state index contributed by atoms with van der Waals surface area (Å²) >= 11 is 0. The molecule has 2 unspecified atom stereocenters. The van der Waals surface area contributed by atoms with Crippen LogP contribution < -0.4 is 10.1 Å². The largest absolute Gasteiger partial charge is 0.469 e. The van der Waals surface area contributed by atoms with E-state index in [-0.39, 0.29) is 17.7 Å². The van der Waals surface area contributed by atoms with Gasteiger partial charge in [0.2, 0.25) is 5.95 Å². The lowest BCUT2D eigenvalue weighted by Crippen LogP contribution is -2.29. The van der Waals surface area contributed by atoms with Crippen molar-refractivity contribution in [3.8, 4) is 5.88 Å². The Morgan fingerprint density at radius 2 is 2.05 bits per heavy atom. The number of nitro groups is 1. The van der Waals surface area contributed by atoms with E-state index in [1.54, 1.807) is 14.0 Å². The van der Waals surface area contributed by atoms with Gasteiger partial charge >= 0.3 is 5.69 Å². The number of ether oxygens (including phenoxy) is 1. The van der Waals surface area contributed by atoms with Crippen LogP contribution in [-0.4, -0.2) is 28.0 Å². The van der Waals surface area contributed by atoms with Gasteiger partial charge in [-0.1, -0.05) is 13.3 Å². The average molecular weight is 280 g/mol. The second-order valence-electron chi connectivity index (χ2n) is 5.21. The van der Waals surface area contributed by atoms with Crippen LogP contribution >= 0.6 is 0 Å². The van der Waals surface area contributed by atoms with Crippen molar-refractivity contribution < 1.29 is 9.66 Å². The van der Waals surface area contributed by atoms with Crippen LogP contribution in [0.2, 0.25) is 0 Å². The highest BCUT2D eigenvalue weighted by Gasteiger charge is 2.29. The molecule has 0 aliphatic heterocycles. The lowest BCUT2D eigenvalue weighted by molar-refractivity contribution is -0.387. The Kier molecular flexibility index (Phi) is 4.36. The maximum Gasteiger partial charge on any atom is 0.352 e. The Labute approximate surface area is 117 Å². The first-order valence-corrected chi connectivity index (χ1v) is 6.90. The number of anilines is 1. The summed E-state index contributed by atoms with van der Waals surface area (Å²) in [5.41, 5.74) is 0.176. The number of aromatic nitrogens is 2. The fourth-order valence-electron chi connectivity index (χ4n) is 2.55. The van der Waals surface area contributed by atoms with Gasteiger partial charge in [-0.3, -0.25) is 10.1 Å². The summed E-state index contributed by atoms with van der Waals surface area (Å²) in [6, 6.07) is 0. The monoisotopic (exact) mass is 280 g/mol. The molecular weight excluding hydrogens is 260 g/mol. The maximum absolute atomic E-state index is 11.2. The normalized spacial score (nSPS) is 22.4. The molecule has 7 nitrogen and oxygen atoms in total. The lowest BCUT2D eigenvalue weighted by atomic mass is 9.88. The van der Waals surface area contributed by atoms with Crippen LogP contribution in [0.1, 0.15) is 38.3 Å². The molecule has 0 bridgehead atoms. The first kappa shape index (κ1) is 14.5. The minimum Gasteiger partial charge on any atom is -0.469 e. The van der Waals surface area contributed by atoms with Crippen molar-refractivity contribution in [1.29, 1.82) is 0 Å². The van der Waals surface area contributed by atoms with Gasteiger partial charge in [0, 0.05) is 7.05 Å². The Bertz CT molecular complexity index is 507. The van der Waals surface area contributed by atoms with Gasteiger partial charge in [0.05, 0.1) is 4.92 Å². The second-order valence-corrected chi connectivity index (χ2v) is 5.21. The van der Waals surface area contributed by atoms with E-state index in [1.807, 2.05) is 0 Å². The van der Waals surface area contributed by atoms with Crippen LogP contribution in [0.15, 0.2) is 0 Å². The van der Waals surface area contributed by atoms with Gasteiger partial charge in [-0.05, 0) is 32.1 Å². The standard InChI is InChI=1S/C13H20N4O3/c1-8-6-4-5-7-10(8)20-12-11(17(18)19)9(2)15-13(14-3)16-12/h8,10H,4-7H2,1-3H3,(H,14,15,16). The number of aryl methyl sites for hydroxylation is 1. The molecule has 1 fully saturated rings. The highest BCUT2D eigenvalue weighted by atomic mass is 16.6. The molecule has 1 N–H and O–H groups in total. The van der Waals surface area contributed by atoms with Crippen LogP contribution in [0.4, 0.5) is 11.6 Å². The predicted octanol–water partition coefficient (Wildman–Crippen LogP) is 2.69. The first-order valence-electron chi connectivity index (χ1n) is 6.90. The summed E-state index contributed by atoms with van der Waals surface area (Å²) in [4.78, 5) is 18.9. The van der Waals surface area contributed by atoms with Gasteiger partial charge in [0.1, 0.15) is 11.8 Å². The van der Waals surface area contributed by atoms with E-state index in [1.165, 1.54) is 6.42 Å². The van der Waals surface area contributed by atoms with Crippen molar-refractivity contribution in [3.05, 3.63) is 15.8 Å². The average Bonchev–Trinajstić information content (AvgIpc) is 2.40. The second kappa shape index (κ2) is 6.02. The van der Waals surface area contributed by atoms with Crippen molar-refractivity contribution in [1.82, 2.24) is 9.97 Å². The van der Waals surface area contributed by atoms with Crippen LogP contribution in [-0.2, 0) is 0 Å². The van der Waals surface area contributed by atoms with Crippen LogP contribution in [0.3, 0.4) is 0 Å². The van der Waals surface area contributed by atoms with E-state index in [0.717, 1.165) is 19.3 Å². The van der Waals surface area contributed by atoms with Crippen molar-refractivity contribution in [2.24, 2.45) is 5.92 Å². The molecule has 1 aromatic heterocycles. The molecular formula is C13H20N4O3. The number of rotatable bonds is 4. The molecule has 0 spiro atoms. The molecule has 1 saturated carbocycles. The third kappa shape index (κ3) is 2.97. The van der Waals surface area contributed by atoms with Crippen molar-refractivity contribution in [2.75, 3.05) is 12.4 Å². The van der Waals surface area contributed by atoms with E-state index in [4.69, 9.17) is 4.74 Å². The smallest absolute Gasteiger partial charge is 0.352 e. The minimum atomic E-state index is -0.475. The molecule has 0 saturated heterocycles. The molecule has 2 atom stereocenters. The minimum absolute atomic E-state index is 0.0125. The van der Waals surface area contributed by atoms with E-state index < -0.39 is 4.92 Å². The molecule has 2 rings (SSSR count). The zero-order valence-electron chi connectivity index (χ0n) is 12.0. The molecule has 0 aromatic carbocycles. The number of nitrogens with one attached hydrogen (secondary N) is 1. The van der Waals surface area contributed by atoms with Gasteiger partial charge < -0.3 is 10.1 Å². The summed E-state index contributed by atoms with van der Waals surface area (Å²) in [5.74, 6) is 0.800. The lowest BCUT2D eigenvalue weighted by Gasteiger charge is -2.28. The summed E-state index contributed by atoms with van der Waals surface area (Å²) in [7, 11) is 1.67. The van der Waals surface area contributed by atoms with Crippen molar-refractivity contribution in [3.63, 3.8) is 0 Å². The van der Waals surface area contributed by atoms with Crippen molar-refractivity contribution in [2.45, 2.75) is 45.6 Å². The third-order valence-electron chi connectivity index (χ3n) is 3.73. The van der Waals surface area contributed by atoms with E-state index >= 15 is 0 Å². The topological polar surface area (TPSA) is 90.2 Å². The molecule has 20 heavy (non-hydrogen) atoms. The molecule has 7 heteroatoms. The van der Waals surface area contributed by atoms with Gasteiger partial charge in [-0.2, -0.15) is 4.98 Å². The molecule has 0 radical (unpaired) electrons. The van der Waals surface area contributed by atoms with Crippen LogP contribution in [0.25, 0.3) is 0 Å². The quantitative estimate of drug-likeness (QED) is 0.673. The SMILES string of the molecule is CNc1nc(C)c([N+](=O)[O-])c(OC2CCCCC2C)n1.